The Labute approximate surface area is 122 Å². The maximum Gasteiger partial charge on any atom is 0.454 e. The topological polar surface area (TPSA) is 17.1 Å². The highest BCUT2D eigenvalue weighted by atomic mass is 19.4. The van der Waals surface area contributed by atoms with Gasteiger partial charge < -0.3 is 0 Å². The van der Waals surface area contributed by atoms with Gasteiger partial charge >= 0.3 is 6.18 Å². The van der Waals surface area contributed by atoms with Crippen LogP contribution in [0.1, 0.15) is 46.8 Å². The molecule has 0 aromatic rings. The van der Waals surface area contributed by atoms with Crippen molar-refractivity contribution >= 4 is 5.78 Å². The summed E-state index contributed by atoms with van der Waals surface area (Å²) in [6, 6.07) is 6.91. The standard InChI is InChI=1S/C17H17F3O/c1-9(2)12-5-6-13-10(3)8-14(15(13)11(4)7-12)16(21)17(18,19)20/h5-9H,1-4H3. The van der Waals surface area contributed by atoms with Crippen LogP contribution < -0.4 is 0 Å². The summed E-state index contributed by atoms with van der Waals surface area (Å²) in [4.78, 5) is 11.6. The molecule has 0 heterocycles. The molecule has 0 unspecified atom stereocenters. The van der Waals surface area contributed by atoms with E-state index in [2.05, 4.69) is 0 Å². The van der Waals surface area contributed by atoms with Crippen molar-refractivity contribution in [2.24, 2.45) is 0 Å². The molecule has 0 atom stereocenters. The highest BCUT2D eigenvalue weighted by Crippen LogP contribution is 2.38. The number of carbonyl (C=O) groups excluding carboxylic acids is 1. The molecule has 0 aliphatic heterocycles. The Kier molecular flexibility index (Phi) is 3.83. The third kappa shape index (κ3) is 2.80. The quantitative estimate of drug-likeness (QED) is 0.689. The smallest absolute Gasteiger partial charge is 0.284 e. The number of ketones is 1. The van der Waals surface area contributed by atoms with Gasteiger partial charge in [-0.25, -0.2) is 0 Å². The summed E-state index contributed by atoms with van der Waals surface area (Å²) < 4.78 is 38.3. The lowest BCUT2D eigenvalue weighted by Crippen LogP contribution is -2.22. The van der Waals surface area contributed by atoms with Gasteiger partial charge in [0, 0.05) is 5.56 Å². The lowest BCUT2D eigenvalue weighted by molar-refractivity contribution is -0.0884. The van der Waals surface area contributed by atoms with Gasteiger partial charge in [-0.2, -0.15) is 13.2 Å². The second-order valence-corrected chi connectivity index (χ2v) is 5.67. The average Bonchev–Trinajstić information content (AvgIpc) is 2.57. The van der Waals surface area contributed by atoms with Crippen LogP contribution in [0.4, 0.5) is 13.2 Å². The van der Waals surface area contributed by atoms with E-state index in [0.29, 0.717) is 22.3 Å². The van der Waals surface area contributed by atoms with Crippen molar-refractivity contribution in [3.05, 3.63) is 46.5 Å². The van der Waals surface area contributed by atoms with E-state index < -0.39 is 12.0 Å². The number of Topliss-reactive ketones (excluding diaryl/α,β-unsaturated/α-hetero) is 1. The van der Waals surface area contributed by atoms with Crippen molar-refractivity contribution in [1.82, 2.24) is 0 Å². The minimum absolute atomic E-state index is 0.251. The molecule has 0 saturated heterocycles. The predicted molar refractivity (Wildman–Crippen MR) is 77.0 cm³/mol. The number of rotatable bonds is 2. The molecule has 0 amide bonds. The third-order valence-electron chi connectivity index (χ3n) is 3.71. The molecule has 0 fully saturated rings. The fraction of sp³-hybridized carbons (Fsp3) is 0.353. The Morgan fingerprint density at radius 2 is 1.67 bits per heavy atom. The van der Waals surface area contributed by atoms with Crippen molar-refractivity contribution < 1.29 is 18.0 Å². The Morgan fingerprint density at radius 1 is 1.05 bits per heavy atom. The Balaban J connectivity index is 2.75. The first-order valence-electron chi connectivity index (χ1n) is 6.78. The van der Waals surface area contributed by atoms with E-state index in [0.717, 1.165) is 5.56 Å². The third-order valence-corrected chi connectivity index (χ3v) is 3.71. The molecule has 21 heavy (non-hydrogen) atoms. The molecule has 0 aromatic carbocycles. The summed E-state index contributed by atoms with van der Waals surface area (Å²) in [5.41, 5.74) is 3.27. The molecule has 2 aliphatic rings. The SMILES string of the molecule is Cc1cc(C(=O)C(F)(F)F)c2c(C)cc(C(C)C)ccc1-2. The van der Waals surface area contributed by atoms with E-state index in [1.807, 2.05) is 26.0 Å². The molecule has 0 radical (unpaired) electrons. The maximum absolute atomic E-state index is 12.8. The van der Waals surface area contributed by atoms with Gasteiger partial charge in [0.2, 0.25) is 0 Å². The number of alkyl halides is 3. The van der Waals surface area contributed by atoms with Crippen molar-refractivity contribution in [2.75, 3.05) is 0 Å². The van der Waals surface area contributed by atoms with E-state index in [4.69, 9.17) is 0 Å². The van der Waals surface area contributed by atoms with Gasteiger partial charge in [0.15, 0.2) is 0 Å². The van der Waals surface area contributed by atoms with Crippen molar-refractivity contribution in [3.63, 3.8) is 0 Å². The Morgan fingerprint density at radius 3 is 2.19 bits per heavy atom. The van der Waals surface area contributed by atoms with E-state index >= 15 is 0 Å². The van der Waals surface area contributed by atoms with Crippen LogP contribution in [0.25, 0.3) is 11.1 Å². The van der Waals surface area contributed by atoms with Crippen LogP contribution >= 0.6 is 0 Å². The average molecular weight is 294 g/mol. The van der Waals surface area contributed by atoms with Crippen LogP contribution in [0, 0.1) is 13.8 Å². The summed E-state index contributed by atoms with van der Waals surface area (Å²) in [6.07, 6.45) is -4.85. The number of hydrogen-bond acceptors (Lipinski definition) is 1. The van der Waals surface area contributed by atoms with Crippen LogP contribution in [0.3, 0.4) is 0 Å². The number of aryl methyl sites for hydroxylation is 2. The molecule has 1 nitrogen and oxygen atoms in total. The first-order valence-corrected chi connectivity index (χ1v) is 6.78. The van der Waals surface area contributed by atoms with Crippen LogP contribution in [-0.4, -0.2) is 12.0 Å². The molecular weight excluding hydrogens is 277 g/mol. The number of hydrogen-bond donors (Lipinski definition) is 0. The lowest BCUT2D eigenvalue weighted by atomic mass is 10.00. The maximum atomic E-state index is 12.8. The molecule has 112 valence electrons. The first-order chi connectivity index (χ1) is 9.62. The number of carbonyl (C=O) groups is 1. The van der Waals surface area contributed by atoms with Gasteiger partial charge in [-0.1, -0.05) is 32.0 Å². The lowest BCUT2D eigenvalue weighted by Gasteiger charge is -2.07. The minimum Gasteiger partial charge on any atom is -0.284 e. The fourth-order valence-electron chi connectivity index (χ4n) is 2.59. The van der Waals surface area contributed by atoms with Crippen LogP contribution in [0.5, 0.6) is 0 Å². The number of halogens is 3. The molecular formula is C17H17F3O. The summed E-state index contributed by atoms with van der Waals surface area (Å²) in [7, 11) is 0. The van der Waals surface area contributed by atoms with Gasteiger partial charge in [0.05, 0.1) is 0 Å². The molecule has 2 aliphatic carbocycles. The highest BCUT2D eigenvalue weighted by Gasteiger charge is 2.41. The van der Waals surface area contributed by atoms with Crippen molar-refractivity contribution in [3.8, 4) is 11.1 Å². The summed E-state index contributed by atoms with van der Waals surface area (Å²) in [6.45, 7) is 7.52. The monoisotopic (exact) mass is 294 g/mol. The van der Waals surface area contributed by atoms with Gasteiger partial charge in [-0.3, -0.25) is 4.79 Å². The molecule has 0 spiro atoms. The molecule has 4 heteroatoms. The molecule has 0 saturated carbocycles. The van der Waals surface area contributed by atoms with E-state index in [1.54, 1.807) is 19.9 Å². The van der Waals surface area contributed by atoms with E-state index in [9.17, 15) is 18.0 Å². The minimum atomic E-state index is -4.85. The van der Waals surface area contributed by atoms with Gasteiger partial charge in [0.25, 0.3) is 5.78 Å². The zero-order chi connectivity index (χ0) is 15.9. The molecule has 0 N–H and O–H groups in total. The normalized spacial score (nSPS) is 12.2. The summed E-state index contributed by atoms with van der Waals surface area (Å²) >= 11 is 0. The zero-order valence-corrected chi connectivity index (χ0v) is 12.4. The van der Waals surface area contributed by atoms with Gasteiger partial charge in [-0.15, -0.1) is 0 Å². The number of fused-ring (bicyclic) bond motifs is 1. The predicted octanol–water partition coefficient (Wildman–Crippen LogP) is 5.28. The van der Waals surface area contributed by atoms with Crippen LogP contribution in [0.15, 0.2) is 24.3 Å². The molecule has 0 aromatic heterocycles. The van der Waals surface area contributed by atoms with Gasteiger partial charge in [0.1, 0.15) is 0 Å². The second-order valence-electron chi connectivity index (χ2n) is 5.67. The van der Waals surface area contributed by atoms with Crippen LogP contribution in [0.2, 0.25) is 0 Å². The highest BCUT2D eigenvalue weighted by molar-refractivity contribution is 6.08. The van der Waals surface area contributed by atoms with E-state index in [-0.39, 0.29) is 11.5 Å². The zero-order valence-electron chi connectivity index (χ0n) is 12.4. The first kappa shape index (κ1) is 15.5. The molecule has 0 bridgehead atoms. The Hall–Kier alpha value is -1.84. The Bertz CT molecular complexity index is 669. The van der Waals surface area contributed by atoms with Gasteiger partial charge in [-0.05, 0) is 53.6 Å². The van der Waals surface area contributed by atoms with E-state index in [1.165, 1.54) is 6.07 Å². The summed E-state index contributed by atoms with van der Waals surface area (Å²) in [5, 5.41) is 0. The fourth-order valence-corrected chi connectivity index (χ4v) is 2.59. The summed E-state index contributed by atoms with van der Waals surface area (Å²) in [5.74, 6) is -1.51. The largest absolute Gasteiger partial charge is 0.454 e. The van der Waals surface area contributed by atoms with Crippen molar-refractivity contribution in [1.29, 1.82) is 0 Å². The van der Waals surface area contributed by atoms with Crippen LogP contribution in [-0.2, 0) is 0 Å². The molecule has 2 rings (SSSR count). The second kappa shape index (κ2) is 5.17. The van der Waals surface area contributed by atoms with Crippen molar-refractivity contribution in [2.45, 2.75) is 39.8 Å².